The highest BCUT2D eigenvalue weighted by Crippen LogP contribution is 2.51. The van der Waals surface area contributed by atoms with Gasteiger partial charge in [0.05, 0.1) is 11.4 Å². The topological polar surface area (TPSA) is 30.9 Å². The van der Waals surface area contributed by atoms with Crippen molar-refractivity contribution in [3.8, 4) is 0 Å². The first-order valence-corrected chi connectivity index (χ1v) is 14.8. The predicted molar refractivity (Wildman–Crippen MR) is 157 cm³/mol. The summed E-state index contributed by atoms with van der Waals surface area (Å²) in [4.78, 5) is 13.0. The molecule has 0 aromatic heterocycles. The number of amidine groups is 1. The van der Waals surface area contributed by atoms with Gasteiger partial charge >= 0.3 is 0 Å². The van der Waals surface area contributed by atoms with Gasteiger partial charge < -0.3 is 10.2 Å². The van der Waals surface area contributed by atoms with Crippen LogP contribution in [-0.4, -0.2) is 48.5 Å². The first-order valence-electron chi connectivity index (χ1n) is 14.0. The molecular formula is C32H38N4S. The van der Waals surface area contributed by atoms with Crippen LogP contribution < -0.4 is 10.2 Å². The number of hydrogen-bond acceptors (Lipinski definition) is 4. The van der Waals surface area contributed by atoms with Crippen molar-refractivity contribution in [2.45, 2.75) is 73.9 Å². The van der Waals surface area contributed by atoms with Crippen molar-refractivity contribution in [2.24, 2.45) is 4.99 Å². The van der Waals surface area contributed by atoms with Crippen LogP contribution in [0.1, 0.15) is 50.7 Å². The van der Waals surface area contributed by atoms with E-state index in [1.807, 2.05) is 11.8 Å². The summed E-state index contributed by atoms with van der Waals surface area (Å²) in [5, 5.41) is 3.47. The van der Waals surface area contributed by atoms with E-state index in [9.17, 15) is 0 Å². The van der Waals surface area contributed by atoms with Gasteiger partial charge in [0.1, 0.15) is 5.84 Å². The van der Waals surface area contributed by atoms with Crippen LogP contribution in [0.3, 0.4) is 0 Å². The standard InChI is InChI=1S/C32H38N4S/c1-3-33-32(34-4-2)24-14-17-29-31(20-24)37-30-13-9-8-12-28(30)36(29)27-21-25-15-16-26(22-27)35(25)19-18-23-10-6-5-7-11-23/h5-14,17,20,25-27H,3-4,15-16,18-19,21-22H2,1-2H3,(H,33,34). The maximum Gasteiger partial charge on any atom is 0.128 e. The normalized spacial score (nSPS) is 23.0. The molecule has 0 amide bonds. The molecule has 3 aromatic carbocycles. The maximum atomic E-state index is 4.74. The largest absolute Gasteiger partial charge is 0.370 e. The molecule has 3 aromatic rings. The molecule has 0 aliphatic carbocycles. The van der Waals surface area contributed by atoms with E-state index in [1.165, 1.54) is 64.5 Å². The fourth-order valence-corrected chi connectivity index (χ4v) is 7.74. The van der Waals surface area contributed by atoms with E-state index in [0.717, 1.165) is 25.3 Å². The molecule has 37 heavy (non-hydrogen) atoms. The summed E-state index contributed by atoms with van der Waals surface area (Å²) < 4.78 is 0. The lowest BCUT2D eigenvalue weighted by atomic mass is 9.94. The van der Waals surface area contributed by atoms with Crippen molar-refractivity contribution in [1.29, 1.82) is 0 Å². The number of benzene rings is 3. The summed E-state index contributed by atoms with van der Waals surface area (Å²) in [5.41, 5.74) is 5.38. The molecule has 2 atom stereocenters. The van der Waals surface area contributed by atoms with Crippen molar-refractivity contribution in [3.63, 3.8) is 0 Å². The molecular weight excluding hydrogens is 472 g/mol. The highest BCUT2D eigenvalue weighted by atomic mass is 32.2. The van der Waals surface area contributed by atoms with Crippen LogP contribution >= 0.6 is 11.8 Å². The van der Waals surface area contributed by atoms with Crippen LogP contribution in [0.15, 0.2) is 87.6 Å². The Morgan fingerprint density at radius 2 is 1.59 bits per heavy atom. The van der Waals surface area contributed by atoms with Crippen LogP contribution in [0, 0.1) is 0 Å². The van der Waals surface area contributed by atoms with E-state index in [0.29, 0.717) is 18.1 Å². The number of anilines is 2. The summed E-state index contributed by atoms with van der Waals surface area (Å²) in [6, 6.07) is 28.9. The second-order valence-electron chi connectivity index (χ2n) is 10.5. The number of rotatable bonds is 7. The third-order valence-corrected chi connectivity index (χ3v) is 9.34. The van der Waals surface area contributed by atoms with E-state index in [2.05, 4.69) is 102 Å². The highest BCUT2D eigenvalue weighted by Gasteiger charge is 2.43. The molecule has 2 saturated heterocycles. The van der Waals surface area contributed by atoms with Crippen molar-refractivity contribution in [2.75, 3.05) is 24.5 Å². The van der Waals surface area contributed by atoms with E-state index in [1.54, 1.807) is 0 Å². The summed E-state index contributed by atoms with van der Waals surface area (Å²) in [5.74, 6) is 1.00. The quantitative estimate of drug-likeness (QED) is 0.277. The minimum atomic E-state index is 0.537. The van der Waals surface area contributed by atoms with Crippen molar-refractivity contribution < 1.29 is 0 Å². The average Bonchev–Trinajstić information content (AvgIpc) is 3.17. The third-order valence-electron chi connectivity index (χ3n) is 8.22. The first-order chi connectivity index (χ1) is 18.2. The molecule has 0 radical (unpaired) electrons. The summed E-state index contributed by atoms with van der Waals surface area (Å²) in [6.45, 7) is 7.08. The van der Waals surface area contributed by atoms with Gasteiger partial charge in [0.15, 0.2) is 0 Å². The Balaban J connectivity index is 1.27. The fourth-order valence-electron chi connectivity index (χ4n) is 6.63. The highest BCUT2D eigenvalue weighted by molar-refractivity contribution is 7.99. The second-order valence-corrected chi connectivity index (χ2v) is 11.5. The van der Waals surface area contributed by atoms with Crippen LogP contribution in [0.5, 0.6) is 0 Å². The van der Waals surface area contributed by atoms with Crippen molar-refractivity contribution in [3.05, 3.63) is 83.9 Å². The van der Waals surface area contributed by atoms with Gasteiger partial charge in [-0.2, -0.15) is 0 Å². The molecule has 0 saturated carbocycles. The van der Waals surface area contributed by atoms with Gasteiger partial charge in [0.2, 0.25) is 0 Å². The summed E-state index contributed by atoms with van der Waals surface area (Å²) >= 11 is 1.91. The minimum absolute atomic E-state index is 0.537. The first kappa shape index (κ1) is 24.6. The molecule has 2 unspecified atom stereocenters. The van der Waals surface area contributed by atoms with Crippen LogP contribution in [0.25, 0.3) is 0 Å². The lowest BCUT2D eigenvalue weighted by molar-refractivity contribution is 0.129. The van der Waals surface area contributed by atoms with Crippen LogP contribution in [0.4, 0.5) is 11.4 Å². The van der Waals surface area contributed by atoms with Crippen molar-refractivity contribution >= 4 is 29.0 Å². The minimum Gasteiger partial charge on any atom is -0.370 e. The van der Waals surface area contributed by atoms with Crippen LogP contribution in [-0.2, 0) is 6.42 Å². The number of aliphatic imine (C=N–C) groups is 1. The maximum absolute atomic E-state index is 4.74. The predicted octanol–water partition coefficient (Wildman–Crippen LogP) is 6.90. The number of piperidine rings is 1. The van der Waals surface area contributed by atoms with Gasteiger partial charge in [-0.25, -0.2) is 0 Å². The molecule has 4 nitrogen and oxygen atoms in total. The van der Waals surface area contributed by atoms with E-state index >= 15 is 0 Å². The molecule has 6 rings (SSSR count). The molecule has 3 aliphatic rings. The summed E-state index contributed by atoms with van der Waals surface area (Å²) in [6.07, 6.45) is 6.31. The number of hydrogen-bond donors (Lipinski definition) is 1. The lowest BCUT2D eigenvalue weighted by Crippen LogP contribution is -2.50. The van der Waals surface area contributed by atoms with Crippen molar-refractivity contribution in [1.82, 2.24) is 10.2 Å². The zero-order valence-electron chi connectivity index (χ0n) is 22.1. The second kappa shape index (κ2) is 10.9. The average molecular weight is 511 g/mol. The van der Waals surface area contributed by atoms with Gasteiger partial charge in [0.25, 0.3) is 0 Å². The molecule has 0 spiro atoms. The fraction of sp³-hybridized carbons (Fsp3) is 0.406. The Bertz CT molecular complexity index is 1240. The van der Waals surface area contributed by atoms with Gasteiger partial charge in [-0.05, 0) is 81.8 Å². The Hall–Kier alpha value is -2.76. The van der Waals surface area contributed by atoms with Gasteiger partial charge in [-0.1, -0.05) is 54.2 Å². The Labute approximate surface area is 226 Å². The third kappa shape index (κ3) is 4.92. The Morgan fingerprint density at radius 1 is 0.865 bits per heavy atom. The number of fused-ring (bicyclic) bond motifs is 4. The van der Waals surface area contributed by atoms with Crippen LogP contribution in [0.2, 0.25) is 0 Å². The molecule has 192 valence electrons. The molecule has 3 aliphatic heterocycles. The van der Waals surface area contributed by atoms with Gasteiger partial charge in [-0.3, -0.25) is 9.89 Å². The zero-order chi connectivity index (χ0) is 25.2. The number of nitrogens with one attached hydrogen (secondary N) is 1. The number of para-hydroxylation sites is 1. The van der Waals surface area contributed by atoms with Gasteiger partial charge in [0, 0.05) is 53.1 Å². The van der Waals surface area contributed by atoms with E-state index in [-0.39, 0.29) is 0 Å². The van der Waals surface area contributed by atoms with E-state index < -0.39 is 0 Å². The lowest BCUT2D eigenvalue weighted by Gasteiger charge is -2.46. The molecule has 2 bridgehead atoms. The molecule has 5 heteroatoms. The number of nitrogens with zero attached hydrogens (tertiary/aromatic N) is 3. The molecule has 1 N–H and O–H groups in total. The zero-order valence-corrected chi connectivity index (χ0v) is 22.9. The molecule has 3 heterocycles. The van der Waals surface area contributed by atoms with E-state index in [4.69, 9.17) is 4.99 Å². The van der Waals surface area contributed by atoms with Gasteiger partial charge in [-0.15, -0.1) is 0 Å². The SMILES string of the molecule is CCN=C(NCC)c1ccc2c(c1)Sc1ccccc1N2C1CC2CCC(C1)N2CCc1ccccc1. The Kier molecular flexibility index (Phi) is 7.25. The molecule has 2 fully saturated rings. The summed E-state index contributed by atoms with van der Waals surface area (Å²) in [7, 11) is 0. The Morgan fingerprint density at radius 3 is 2.35 bits per heavy atom. The monoisotopic (exact) mass is 510 g/mol. The smallest absolute Gasteiger partial charge is 0.128 e.